The van der Waals surface area contributed by atoms with Crippen LogP contribution in [0.3, 0.4) is 0 Å². The van der Waals surface area contributed by atoms with Crippen LogP contribution in [-0.2, 0) is 9.55 Å². The number of carbonyl (C=O) groups excluding carboxylic acids is 1. The van der Waals surface area contributed by atoms with Crippen molar-refractivity contribution in [2.75, 3.05) is 0 Å². The maximum atomic E-state index is 11.1. The molecule has 0 aromatic heterocycles. The fourth-order valence-electron chi connectivity index (χ4n) is 0.742. The fraction of sp³-hybridized carbons (Fsp3) is 0.714. The topological polar surface area (TPSA) is 78.4 Å². The molecule has 0 saturated carbocycles. The number of amides is 1. The highest BCUT2D eigenvalue weighted by atomic mass is 16.8. The Morgan fingerprint density at radius 3 is 2.31 bits per heavy atom. The van der Waals surface area contributed by atoms with Gasteiger partial charge in [-0.2, -0.15) is 0 Å². The van der Waals surface area contributed by atoms with E-state index in [1.54, 1.807) is 0 Å². The van der Waals surface area contributed by atoms with Crippen molar-refractivity contribution in [3.8, 4) is 0 Å². The summed E-state index contributed by atoms with van der Waals surface area (Å²) in [6.07, 6.45) is 1.45. The van der Waals surface area contributed by atoms with E-state index in [4.69, 9.17) is 10.5 Å². The molecule has 0 aliphatic heterocycles. The molecular formula is C7H15BN2O3. The third kappa shape index (κ3) is 3.82. The second-order valence-corrected chi connectivity index (χ2v) is 2.75. The van der Waals surface area contributed by atoms with Crippen LogP contribution >= 0.6 is 0 Å². The summed E-state index contributed by atoms with van der Waals surface area (Å²) in [7, 11) is 0. The van der Waals surface area contributed by atoms with E-state index in [0.717, 1.165) is 12.6 Å². The standard InChI is InChI=1S/C7H15BN2O3/c1-4-8(5-2)13-10(12)6(3)7(9)11/h4-5H2,1-3H3,(H2,9,11)/b10-6+. The quantitative estimate of drug-likeness (QED) is 0.292. The highest BCUT2D eigenvalue weighted by Crippen LogP contribution is 2.00. The van der Waals surface area contributed by atoms with Crippen molar-refractivity contribution in [2.45, 2.75) is 33.4 Å². The van der Waals surface area contributed by atoms with E-state index < -0.39 is 5.91 Å². The summed E-state index contributed by atoms with van der Waals surface area (Å²) in [6, 6.07) is 0. The van der Waals surface area contributed by atoms with Gasteiger partial charge in [0, 0.05) is 11.8 Å². The second kappa shape index (κ2) is 5.45. The molecule has 0 unspecified atom stereocenters. The normalized spacial score (nSPS) is 11.9. The number of primary amides is 1. The van der Waals surface area contributed by atoms with Crippen molar-refractivity contribution in [3.05, 3.63) is 5.21 Å². The summed E-state index contributed by atoms with van der Waals surface area (Å²) in [4.78, 5) is 10.8. The lowest BCUT2D eigenvalue weighted by molar-refractivity contribution is -0.701. The van der Waals surface area contributed by atoms with Gasteiger partial charge in [0.2, 0.25) is 0 Å². The van der Waals surface area contributed by atoms with Gasteiger partial charge in [-0.05, 0) is 0 Å². The Balaban J connectivity index is 4.34. The first kappa shape index (κ1) is 11.8. The lowest BCUT2D eigenvalue weighted by Gasteiger charge is -2.13. The number of rotatable bonds is 5. The van der Waals surface area contributed by atoms with Crippen LogP contribution < -0.4 is 5.73 Å². The molecule has 0 radical (unpaired) electrons. The molecule has 1 amide bonds. The Bertz CT molecular complexity index is 214. The first-order valence-corrected chi connectivity index (χ1v) is 4.30. The van der Waals surface area contributed by atoms with Gasteiger partial charge in [0.1, 0.15) is 0 Å². The molecule has 0 aromatic rings. The molecular weight excluding hydrogens is 171 g/mol. The molecule has 0 aliphatic rings. The van der Waals surface area contributed by atoms with E-state index in [0.29, 0.717) is 0 Å². The third-order valence-corrected chi connectivity index (χ3v) is 1.79. The van der Waals surface area contributed by atoms with Crippen LogP contribution in [0.2, 0.25) is 12.6 Å². The summed E-state index contributed by atoms with van der Waals surface area (Å²) in [5.41, 5.74) is 4.77. The van der Waals surface area contributed by atoms with Crippen LogP contribution in [0.4, 0.5) is 0 Å². The molecule has 0 rings (SSSR count). The average Bonchev–Trinajstić information content (AvgIpc) is 2.12. The third-order valence-electron chi connectivity index (χ3n) is 1.79. The van der Waals surface area contributed by atoms with Gasteiger partial charge in [-0.25, -0.2) is 0 Å². The Kier molecular flexibility index (Phi) is 4.95. The number of carbonyl (C=O) groups is 1. The monoisotopic (exact) mass is 186 g/mol. The van der Waals surface area contributed by atoms with E-state index >= 15 is 0 Å². The minimum Gasteiger partial charge on any atom is -0.463 e. The van der Waals surface area contributed by atoms with Gasteiger partial charge < -0.3 is 10.5 Å². The van der Waals surface area contributed by atoms with E-state index in [1.165, 1.54) is 6.92 Å². The summed E-state index contributed by atoms with van der Waals surface area (Å²) in [5.74, 6) is -0.763. The Morgan fingerprint density at radius 1 is 1.54 bits per heavy atom. The zero-order valence-corrected chi connectivity index (χ0v) is 8.24. The molecule has 0 atom stereocenters. The van der Waals surface area contributed by atoms with E-state index in [9.17, 15) is 10.0 Å². The molecule has 6 heteroatoms. The van der Waals surface area contributed by atoms with Gasteiger partial charge in [0.25, 0.3) is 6.92 Å². The van der Waals surface area contributed by atoms with E-state index in [1.807, 2.05) is 13.8 Å². The Hall–Kier alpha value is -1.20. The average molecular weight is 186 g/mol. The van der Waals surface area contributed by atoms with Crippen molar-refractivity contribution < 1.29 is 14.5 Å². The van der Waals surface area contributed by atoms with Gasteiger partial charge in [-0.3, -0.25) is 10.0 Å². The summed E-state index contributed by atoms with van der Waals surface area (Å²) >= 11 is 0. The molecule has 0 spiro atoms. The summed E-state index contributed by atoms with van der Waals surface area (Å²) in [6.45, 7) is 4.98. The number of hydrogen-bond acceptors (Lipinski definition) is 3. The van der Waals surface area contributed by atoms with Crippen LogP contribution in [0.1, 0.15) is 20.8 Å². The minimum atomic E-state index is -0.763. The highest BCUT2D eigenvalue weighted by molar-refractivity contribution is 6.51. The maximum absolute atomic E-state index is 11.1. The smallest absolute Gasteiger partial charge is 0.314 e. The molecule has 5 nitrogen and oxygen atoms in total. The van der Waals surface area contributed by atoms with Gasteiger partial charge in [0.15, 0.2) is 0 Å². The second-order valence-electron chi connectivity index (χ2n) is 2.75. The van der Waals surface area contributed by atoms with Crippen LogP contribution in [0.15, 0.2) is 0 Å². The molecule has 0 saturated heterocycles. The fourth-order valence-corrected chi connectivity index (χ4v) is 0.742. The van der Waals surface area contributed by atoms with E-state index in [-0.39, 0.29) is 17.5 Å². The molecule has 2 N–H and O–H groups in total. The van der Waals surface area contributed by atoms with Crippen molar-refractivity contribution in [1.82, 2.24) is 0 Å². The first-order valence-electron chi connectivity index (χ1n) is 4.30. The van der Waals surface area contributed by atoms with Gasteiger partial charge in [-0.1, -0.05) is 26.5 Å². The van der Waals surface area contributed by atoms with Gasteiger partial charge in [0.05, 0.1) is 0 Å². The first-order chi connectivity index (χ1) is 6.02. The summed E-state index contributed by atoms with van der Waals surface area (Å²) < 4.78 is 4.91. The Labute approximate surface area is 78.2 Å². The van der Waals surface area contributed by atoms with Crippen LogP contribution in [0.5, 0.6) is 0 Å². The van der Waals surface area contributed by atoms with Crippen molar-refractivity contribution in [2.24, 2.45) is 5.73 Å². The van der Waals surface area contributed by atoms with Crippen molar-refractivity contribution >= 4 is 18.5 Å². The zero-order valence-electron chi connectivity index (χ0n) is 8.24. The zero-order chi connectivity index (χ0) is 10.4. The van der Waals surface area contributed by atoms with E-state index in [2.05, 4.69) is 0 Å². The van der Waals surface area contributed by atoms with Crippen LogP contribution in [-0.4, -0.2) is 23.4 Å². The lowest BCUT2D eigenvalue weighted by atomic mass is 9.63. The predicted octanol–water partition coefficient (Wildman–Crippen LogP) is 0.406. The molecule has 0 aliphatic carbocycles. The van der Waals surface area contributed by atoms with Gasteiger partial charge in [-0.15, -0.1) is 0 Å². The predicted molar refractivity (Wildman–Crippen MR) is 51.3 cm³/mol. The molecule has 13 heavy (non-hydrogen) atoms. The summed E-state index contributed by atoms with van der Waals surface area (Å²) in [5, 5.41) is 11.1. The lowest BCUT2D eigenvalue weighted by Crippen LogP contribution is -2.32. The highest BCUT2D eigenvalue weighted by Gasteiger charge is 2.16. The molecule has 0 bridgehead atoms. The largest absolute Gasteiger partial charge is 0.463 e. The maximum Gasteiger partial charge on any atom is 0.314 e. The minimum absolute atomic E-state index is 0.132. The molecule has 0 fully saturated rings. The van der Waals surface area contributed by atoms with Crippen molar-refractivity contribution in [3.63, 3.8) is 0 Å². The number of hydrogen-bond donors (Lipinski definition) is 1. The number of nitrogens with two attached hydrogens (primary N) is 1. The van der Waals surface area contributed by atoms with Gasteiger partial charge >= 0.3 is 11.6 Å². The molecule has 0 heterocycles. The van der Waals surface area contributed by atoms with Crippen LogP contribution in [0.25, 0.3) is 0 Å². The van der Waals surface area contributed by atoms with Crippen LogP contribution in [0, 0.1) is 5.21 Å². The van der Waals surface area contributed by atoms with Crippen molar-refractivity contribution in [1.29, 1.82) is 0 Å². The molecule has 0 aromatic carbocycles. The Morgan fingerprint density at radius 2 is 2.00 bits per heavy atom. The number of nitrogens with zero attached hydrogens (tertiary/aromatic N) is 1. The SMILES string of the molecule is CCB(CC)O/[N+]([O-])=C(\C)C(N)=O. The molecule has 74 valence electrons.